The zero-order chi connectivity index (χ0) is 53.3. The number of rotatable bonds is 18. The van der Waals surface area contributed by atoms with E-state index in [4.69, 9.17) is 24.5 Å². The second-order valence-electron chi connectivity index (χ2n) is 21.4. The Hall–Kier alpha value is -7.01. The van der Waals surface area contributed by atoms with Gasteiger partial charge in [0.2, 0.25) is 17.7 Å². The van der Waals surface area contributed by atoms with Crippen LogP contribution in [-0.4, -0.2) is 156 Å². The molecule has 1 aliphatic carbocycles. The van der Waals surface area contributed by atoms with E-state index in [0.717, 1.165) is 86.6 Å². The predicted octanol–water partition coefficient (Wildman–Crippen LogP) is 5.94. The van der Waals surface area contributed by atoms with Crippen LogP contribution in [-0.2, 0) is 14.3 Å². The largest absolute Gasteiger partial charge is 0.507 e. The molecule has 0 radical (unpaired) electrons. The Labute approximate surface area is 451 Å². The van der Waals surface area contributed by atoms with Crippen LogP contribution in [0.3, 0.4) is 0 Å². The van der Waals surface area contributed by atoms with Crippen LogP contribution in [0.25, 0.3) is 21.8 Å². The minimum Gasteiger partial charge on any atom is -0.507 e. The van der Waals surface area contributed by atoms with Crippen LogP contribution in [0.1, 0.15) is 94.8 Å². The summed E-state index contributed by atoms with van der Waals surface area (Å²) in [5.41, 5.74) is 13.5. The van der Waals surface area contributed by atoms with Crippen molar-refractivity contribution < 1.29 is 38.5 Å². The van der Waals surface area contributed by atoms with Crippen molar-refractivity contribution in [3.63, 3.8) is 0 Å². The van der Waals surface area contributed by atoms with Crippen molar-refractivity contribution in [1.29, 1.82) is 0 Å². The van der Waals surface area contributed by atoms with E-state index in [1.54, 1.807) is 36.1 Å². The van der Waals surface area contributed by atoms with E-state index in [-0.39, 0.29) is 66.8 Å². The summed E-state index contributed by atoms with van der Waals surface area (Å²) in [5, 5.41) is 36.8. The normalized spacial score (nSPS) is 23.5. The number of fused-ring (bicyclic) bond motifs is 2. The third kappa shape index (κ3) is 11.4. The van der Waals surface area contributed by atoms with Gasteiger partial charge in [-0.15, -0.1) is 21.5 Å². The first-order valence-corrected chi connectivity index (χ1v) is 27.8. The number of carbonyl (C=O) groups excluding carboxylic acids is 2. The first kappa shape index (κ1) is 52.1. The zero-order valence-corrected chi connectivity index (χ0v) is 44.7. The predicted molar refractivity (Wildman–Crippen MR) is 287 cm³/mol. The van der Waals surface area contributed by atoms with Gasteiger partial charge >= 0.3 is 0 Å². The van der Waals surface area contributed by atoms with Gasteiger partial charge in [-0.1, -0.05) is 26.0 Å². The van der Waals surface area contributed by atoms with Crippen molar-refractivity contribution in [2.24, 2.45) is 5.92 Å². The topological polar surface area (TPSA) is 257 Å². The highest BCUT2D eigenvalue weighted by Gasteiger charge is 2.45. The highest BCUT2D eigenvalue weighted by Crippen LogP contribution is 2.41. The number of piperidine rings is 1. The fourth-order valence-electron chi connectivity index (χ4n) is 11.6. The summed E-state index contributed by atoms with van der Waals surface area (Å²) < 4.78 is 24.7. The second-order valence-corrected chi connectivity index (χ2v) is 22.3. The minimum absolute atomic E-state index is 0.0249. The molecule has 5 aromatic heterocycles. The Kier molecular flexibility index (Phi) is 15.2. The van der Waals surface area contributed by atoms with Gasteiger partial charge in [0.25, 0.3) is 5.88 Å². The Bertz CT molecular complexity index is 3010. The number of anilines is 3. The lowest BCUT2D eigenvalue weighted by Gasteiger charge is -2.43. The van der Waals surface area contributed by atoms with Gasteiger partial charge in [-0.25, -0.2) is 9.97 Å². The summed E-state index contributed by atoms with van der Waals surface area (Å²) in [4.78, 5) is 55.5. The Balaban J connectivity index is 0.601. The van der Waals surface area contributed by atoms with Gasteiger partial charge in [-0.05, 0) is 74.9 Å². The molecule has 1 saturated carbocycles. The summed E-state index contributed by atoms with van der Waals surface area (Å²) in [6, 6.07) is 14.1. The molecule has 5 N–H and O–H groups in total. The van der Waals surface area contributed by atoms with Crippen molar-refractivity contribution in [1.82, 2.24) is 50.4 Å². The van der Waals surface area contributed by atoms with E-state index in [0.29, 0.717) is 59.1 Å². The summed E-state index contributed by atoms with van der Waals surface area (Å²) in [6.45, 7) is 12.0. The van der Waals surface area contributed by atoms with Crippen LogP contribution in [0, 0.1) is 12.8 Å². The summed E-state index contributed by atoms with van der Waals surface area (Å²) in [5.74, 6) is 0.165. The molecular formula is C55H67N13O8S. The van der Waals surface area contributed by atoms with Gasteiger partial charge in [0.15, 0.2) is 11.6 Å². The summed E-state index contributed by atoms with van der Waals surface area (Å²) >= 11 is 1.49. The third-order valence-electron chi connectivity index (χ3n) is 15.8. The van der Waals surface area contributed by atoms with E-state index in [2.05, 4.69) is 67.4 Å². The molecule has 6 atom stereocenters. The van der Waals surface area contributed by atoms with Crippen LogP contribution < -0.4 is 30.3 Å². The van der Waals surface area contributed by atoms with E-state index in [9.17, 15) is 19.8 Å². The number of aromatic hydroxyl groups is 1. The van der Waals surface area contributed by atoms with Gasteiger partial charge < -0.3 is 54.7 Å². The number of amides is 2. The average molecular weight is 1070 g/mol. The summed E-state index contributed by atoms with van der Waals surface area (Å²) in [6.07, 6.45) is 10.4. The zero-order valence-electron chi connectivity index (χ0n) is 43.9. The number of nitrogens with one attached hydrogen (secondary N) is 1. The van der Waals surface area contributed by atoms with Gasteiger partial charge in [0.05, 0.1) is 69.9 Å². The maximum absolute atomic E-state index is 14.2. The van der Waals surface area contributed by atoms with E-state index in [1.165, 1.54) is 16.2 Å². The molecule has 21 nitrogen and oxygen atoms in total. The number of β-amino-alcohol motifs (C(OH)–C–C–N with tert-alkyl or cyclic N) is 1. The van der Waals surface area contributed by atoms with Crippen molar-refractivity contribution in [3.8, 4) is 39.3 Å². The number of hydrogen-bond acceptors (Lipinski definition) is 20. The number of thiazole rings is 1. The van der Waals surface area contributed by atoms with Gasteiger partial charge in [-0.3, -0.25) is 24.5 Å². The molecule has 1 unspecified atom stereocenters. The highest BCUT2D eigenvalue weighted by atomic mass is 32.1. The molecule has 22 heteroatoms. The number of piperazine rings is 1. The molecule has 11 rings (SSSR count). The number of aliphatic hydroxyl groups excluding tert-OH is 1. The van der Waals surface area contributed by atoms with Crippen molar-refractivity contribution in [2.45, 2.75) is 127 Å². The lowest BCUT2D eigenvalue weighted by Crippen LogP contribution is -2.54. The van der Waals surface area contributed by atoms with Crippen LogP contribution >= 0.6 is 11.3 Å². The summed E-state index contributed by atoms with van der Waals surface area (Å²) in [7, 11) is 0. The number of likely N-dealkylation sites (tertiary alicyclic amines) is 2. The number of aliphatic hydroxyl groups is 1. The standard InChI is InChI=1S/C55H67N13O8S/c1-31(2)51(55(72)67-29-37(69)20-46(67)54(71)61-32(3)43-25-59-44(26-58-43)52-33(4)60-30-77-52)48-24-50(64-76-48)73-18-17-65-15-12-38(13-16-65)74-39-21-40(22-39)75-49-19-34(11-14-57-49)68-35-9-10-36(68)28-66(27-35)45-23-42(62-63-53(45)56)41-7-5-6-8-47(41)70/h5-8,11,14,19,23-26,30-32,35-40,46,51,69-70H,9-10,12-13,15-18,20-22,27-29H2,1-4H3,(H2,56,63)(H,61,71)/t32-,35+,36?,37+,39?,40?,46-,51+/m0/s1. The minimum atomic E-state index is -0.878. The van der Waals surface area contributed by atoms with Gasteiger partial charge in [0.1, 0.15) is 36.1 Å². The number of nitrogen functional groups attached to an aromatic ring is 1. The number of pyridine rings is 1. The smallest absolute Gasteiger partial charge is 0.254 e. The monoisotopic (exact) mass is 1070 g/mol. The second kappa shape index (κ2) is 22.5. The molecule has 5 aliphatic rings. The average Bonchev–Trinajstić information content (AvgIpc) is 4.22. The third-order valence-corrected chi connectivity index (χ3v) is 16.8. The maximum Gasteiger partial charge on any atom is 0.254 e. The lowest BCUT2D eigenvalue weighted by molar-refractivity contribution is -0.141. The maximum atomic E-state index is 14.2. The number of phenols is 1. The molecule has 2 amide bonds. The number of carbonyl (C=O) groups is 2. The number of aryl methyl sites for hydroxylation is 1. The fourth-order valence-corrected chi connectivity index (χ4v) is 12.4. The van der Waals surface area contributed by atoms with Crippen molar-refractivity contribution in [3.05, 3.63) is 89.8 Å². The van der Waals surface area contributed by atoms with Crippen molar-refractivity contribution >= 4 is 40.3 Å². The molecule has 4 aliphatic heterocycles. The SMILES string of the molecule is Cc1ncsc1-c1cnc([C@H](C)NC(=O)[C@@H]2C[C@@H](O)CN2C(=O)[C@@H](c2cc(OCCN3CCC(OC4CC(Oc5cc(N6C7CC[C@@H]6CN(c6cc(-c8ccccc8O)nnc6N)C7)ccn5)C4)CC3)no2)C(C)C)cn1. The quantitative estimate of drug-likeness (QED) is 0.0776. The van der Waals surface area contributed by atoms with Crippen LogP contribution in [0.5, 0.6) is 17.5 Å². The molecule has 9 heterocycles. The van der Waals surface area contributed by atoms with Crippen LogP contribution in [0.15, 0.2) is 77.2 Å². The molecule has 1 aromatic carbocycles. The number of para-hydroxylation sites is 1. The lowest BCUT2D eigenvalue weighted by atomic mass is 9.91. The Morgan fingerprint density at radius 3 is 2.40 bits per heavy atom. The van der Waals surface area contributed by atoms with E-state index in [1.807, 2.05) is 52.1 Å². The number of hydrogen-bond donors (Lipinski definition) is 4. The van der Waals surface area contributed by atoms with E-state index < -0.39 is 24.1 Å². The Morgan fingerprint density at radius 1 is 0.883 bits per heavy atom. The molecule has 4 saturated heterocycles. The molecular weight excluding hydrogens is 1000 g/mol. The first-order valence-electron chi connectivity index (χ1n) is 26.9. The van der Waals surface area contributed by atoms with Crippen LogP contribution in [0.2, 0.25) is 0 Å². The molecule has 77 heavy (non-hydrogen) atoms. The number of nitrogens with zero attached hydrogens (tertiary/aromatic N) is 11. The molecule has 0 spiro atoms. The number of ether oxygens (including phenoxy) is 3. The first-order chi connectivity index (χ1) is 37.3. The fraction of sp³-hybridized carbons (Fsp3) is 0.509. The molecule has 406 valence electrons. The number of nitrogens with two attached hydrogens (primary N) is 1. The van der Waals surface area contributed by atoms with E-state index >= 15 is 0 Å². The highest BCUT2D eigenvalue weighted by molar-refractivity contribution is 7.13. The molecule has 2 bridgehead atoms. The Morgan fingerprint density at radius 2 is 1.68 bits per heavy atom. The number of benzene rings is 1. The molecule has 6 aromatic rings. The van der Waals surface area contributed by atoms with Crippen molar-refractivity contribution in [2.75, 3.05) is 61.4 Å². The van der Waals surface area contributed by atoms with Gasteiger partial charge in [-0.2, -0.15) is 0 Å². The number of phenolic OH excluding ortho intramolecular Hbond substituents is 1. The van der Waals surface area contributed by atoms with Crippen LogP contribution in [0.4, 0.5) is 17.2 Å². The number of aromatic nitrogens is 7. The van der Waals surface area contributed by atoms with Gasteiger partial charge in [0, 0.05) is 100 Å². The molecule has 5 fully saturated rings.